The molecule has 1 fully saturated rings. The molecule has 0 aromatic carbocycles. The Bertz CT molecular complexity index is 205. The molecule has 0 amide bonds. The van der Waals surface area contributed by atoms with Gasteiger partial charge >= 0.3 is 6.18 Å². The van der Waals surface area contributed by atoms with Gasteiger partial charge in [-0.3, -0.25) is 4.90 Å². The van der Waals surface area contributed by atoms with E-state index in [2.05, 4.69) is 0 Å². The summed E-state index contributed by atoms with van der Waals surface area (Å²) in [6, 6.07) is -1.57. The Balaban J connectivity index is 2.45. The van der Waals surface area contributed by atoms with Gasteiger partial charge in [-0.2, -0.15) is 13.2 Å². The van der Waals surface area contributed by atoms with E-state index in [0.29, 0.717) is 13.2 Å². The van der Waals surface area contributed by atoms with Crippen molar-refractivity contribution in [2.75, 3.05) is 26.7 Å². The first-order chi connectivity index (χ1) is 7.45. The van der Waals surface area contributed by atoms with Crippen LogP contribution in [-0.2, 0) is 4.74 Å². The highest BCUT2D eigenvalue weighted by Gasteiger charge is 2.41. The Labute approximate surface area is 93.7 Å². The molecule has 2 atom stereocenters. The normalized spacial score (nSPS) is 24.8. The van der Waals surface area contributed by atoms with Crippen LogP contribution in [0.3, 0.4) is 0 Å². The molecule has 1 saturated heterocycles. The predicted molar refractivity (Wildman–Crippen MR) is 55.1 cm³/mol. The minimum absolute atomic E-state index is 0.0878. The van der Waals surface area contributed by atoms with Crippen molar-refractivity contribution in [3.63, 3.8) is 0 Å². The van der Waals surface area contributed by atoms with E-state index in [-0.39, 0.29) is 6.10 Å². The first kappa shape index (κ1) is 13.7. The largest absolute Gasteiger partial charge is 0.405 e. The molecule has 96 valence electrons. The van der Waals surface area contributed by atoms with Crippen LogP contribution in [0.2, 0.25) is 0 Å². The number of hydrogen-bond acceptors (Lipinski definition) is 3. The van der Waals surface area contributed by atoms with Gasteiger partial charge in [-0.1, -0.05) is 0 Å². The van der Waals surface area contributed by atoms with Crippen LogP contribution in [-0.4, -0.2) is 50.0 Å². The van der Waals surface area contributed by atoms with Crippen molar-refractivity contribution >= 4 is 0 Å². The van der Waals surface area contributed by atoms with Gasteiger partial charge in [0, 0.05) is 19.7 Å². The van der Waals surface area contributed by atoms with Gasteiger partial charge in [-0.15, -0.1) is 0 Å². The zero-order chi connectivity index (χ0) is 12.2. The van der Waals surface area contributed by atoms with E-state index in [1.807, 2.05) is 0 Å². The lowest BCUT2D eigenvalue weighted by Crippen LogP contribution is -2.51. The quantitative estimate of drug-likeness (QED) is 0.806. The van der Waals surface area contributed by atoms with E-state index in [1.54, 1.807) is 0 Å². The Hall–Kier alpha value is -0.330. The molecule has 1 rings (SSSR count). The number of halogens is 3. The molecule has 0 radical (unpaired) electrons. The Kier molecular flexibility index (Phi) is 5.01. The third-order valence-corrected chi connectivity index (χ3v) is 2.90. The number of rotatable bonds is 4. The Morgan fingerprint density at radius 1 is 1.44 bits per heavy atom. The fraction of sp³-hybridized carbons (Fsp3) is 1.00. The molecule has 1 aliphatic rings. The summed E-state index contributed by atoms with van der Waals surface area (Å²) < 4.78 is 43.1. The van der Waals surface area contributed by atoms with Crippen molar-refractivity contribution in [3.8, 4) is 0 Å². The molecule has 16 heavy (non-hydrogen) atoms. The Morgan fingerprint density at radius 2 is 2.12 bits per heavy atom. The van der Waals surface area contributed by atoms with Gasteiger partial charge in [0.25, 0.3) is 0 Å². The van der Waals surface area contributed by atoms with Gasteiger partial charge in [0.15, 0.2) is 0 Å². The van der Waals surface area contributed by atoms with Gasteiger partial charge in [-0.05, 0) is 26.3 Å². The number of nitrogens with two attached hydrogens (primary N) is 1. The molecule has 0 bridgehead atoms. The summed E-state index contributed by atoms with van der Waals surface area (Å²) in [5.74, 6) is 0. The van der Waals surface area contributed by atoms with Crippen LogP contribution in [0.25, 0.3) is 0 Å². The molecular formula is C10H19F3N2O. The summed E-state index contributed by atoms with van der Waals surface area (Å²) >= 11 is 0. The molecule has 0 aliphatic carbocycles. The third-order valence-electron chi connectivity index (χ3n) is 2.90. The van der Waals surface area contributed by atoms with Crippen LogP contribution in [0, 0.1) is 0 Å². The molecule has 6 heteroatoms. The van der Waals surface area contributed by atoms with E-state index in [4.69, 9.17) is 10.5 Å². The van der Waals surface area contributed by atoms with Crippen molar-refractivity contribution in [2.24, 2.45) is 5.73 Å². The zero-order valence-electron chi connectivity index (χ0n) is 9.46. The van der Waals surface area contributed by atoms with Crippen LogP contribution in [0.5, 0.6) is 0 Å². The van der Waals surface area contributed by atoms with Gasteiger partial charge in [0.05, 0.1) is 6.10 Å². The standard InChI is InChI=1S/C10H19F3N2O/c1-15(9(6-14)10(11,12)13)7-8-4-2-3-5-16-8/h8-9H,2-7,14H2,1H3. The molecule has 0 aromatic rings. The zero-order valence-corrected chi connectivity index (χ0v) is 9.46. The lowest BCUT2D eigenvalue weighted by Gasteiger charge is -2.33. The monoisotopic (exact) mass is 240 g/mol. The topological polar surface area (TPSA) is 38.5 Å². The van der Waals surface area contributed by atoms with Gasteiger partial charge in [-0.25, -0.2) is 0 Å². The number of ether oxygens (including phenoxy) is 1. The maximum atomic E-state index is 12.6. The highest BCUT2D eigenvalue weighted by Crippen LogP contribution is 2.24. The highest BCUT2D eigenvalue weighted by molar-refractivity contribution is 4.80. The highest BCUT2D eigenvalue weighted by atomic mass is 19.4. The lowest BCUT2D eigenvalue weighted by molar-refractivity contribution is -0.181. The van der Waals surface area contributed by atoms with E-state index in [1.165, 1.54) is 11.9 Å². The second-order valence-electron chi connectivity index (χ2n) is 4.22. The number of likely N-dealkylation sites (N-methyl/N-ethyl adjacent to an activating group) is 1. The van der Waals surface area contributed by atoms with Crippen molar-refractivity contribution in [2.45, 2.75) is 37.6 Å². The van der Waals surface area contributed by atoms with E-state index < -0.39 is 18.8 Å². The maximum Gasteiger partial charge on any atom is 0.405 e. The minimum atomic E-state index is -4.27. The summed E-state index contributed by atoms with van der Waals surface area (Å²) in [6.45, 7) is 0.534. The number of nitrogens with zero attached hydrogens (tertiary/aromatic N) is 1. The van der Waals surface area contributed by atoms with E-state index in [9.17, 15) is 13.2 Å². The molecular weight excluding hydrogens is 221 g/mol. The SMILES string of the molecule is CN(CC1CCCCO1)C(CN)C(F)(F)F. The first-order valence-corrected chi connectivity index (χ1v) is 5.53. The van der Waals surface area contributed by atoms with Gasteiger partial charge in [0.1, 0.15) is 6.04 Å². The second kappa shape index (κ2) is 5.84. The first-order valence-electron chi connectivity index (χ1n) is 5.53. The van der Waals surface area contributed by atoms with Gasteiger partial charge < -0.3 is 10.5 Å². The predicted octanol–water partition coefficient (Wildman–Crippen LogP) is 1.38. The third kappa shape index (κ3) is 3.92. The fourth-order valence-corrected chi connectivity index (χ4v) is 1.96. The second-order valence-corrected chi connectivity index (χ2v) is 4.22. The van der Waals surface area contributed by atoms with Crippen LogP contribution < -0.4 is 5.73 Å². The average Bonchev–Trinajstić information content (AvgIpc) is 2.17. The number of hydrogen-bond donors (Lipinski definition) is 1. The molecule has 2 N–H and O–H groups in total. The molecule has 3 nitrogen and oxygen atoms in total. The molecule has 1 aliphatic heterocycles. The maximum absolute atomic E-state index is 12.6. The van der Waals surface area contributed by atoms with Crippen molar-refractivity contribution in [1.82, 2.24) is 4.90 Å². The molecule has 0 saturated carbocycles. The molecule has 1 heterocycles. The summed E-state index contributed by atoms with van der Waals surface area (Å²) in [6.07, 6.45) is -1.50. The van der Waals surface area contributed by atoms with Gasteiger partial charge in [0.2, 0.25) is 0 Å². The molecule has 2 unspecified atom stereocenters. The van der Waals surface area contributed by atoms with E-state index in [0.717, 1.165) is 19.3 Å². The minimum Gasteiger partial charge on any atom is -0.377 e. The number of alkyl halides is 3. The summed E-state index contributed by atoms with van der Waals surface area (Å²) in [7, 11) is 1.45. The smallest absolute Gasteiger partial charge is 0.377 e. The fourth-order valence-electron chi connectivity index (χ4n) is 1.96. The lowest BCUT2D eigenvalue weighted by atomic mass is 10.1. The average molecular weight is 240 g/mol. The molecule has 0 aromatic heterocycles. The van der Waals surface area contributed by atoms with Crippen molar-refractivity contribution in [3.05, 3.63) is 0 Å². The van der Waals surface area contributed by atoms with Crippen LogP contribution in [0.4, 0.5) is 13.2 Å². The van der Waals surface area contributed by atoms with Crippen LogP contribution in [0.1, 0.15) is 19.3 Å². The van der Waals surface area contributed by atoms with E-state index >= 15 is 0 Å². The van der Waals surface area contributed by atoms with Crippen molar-refractivity contribution in [1.29, 1.82) is 0 Å². The van der Waals surface area contributed by atoms with Crippen LogP contribution in [0.15, 0.2) is 0 Å². The molecule has 0 spiro atoms. The Morgan fingerprint density at radius 3 is 2.56 bits per heavy atom. The van der Waals surface area contributed by atoms with Crippen LogP contribution >= 0.6 is 0 Å². The van der Waals surface area contributed by atoms with Crippen molar-refractivity contribution < 1.29 is 17.9 Å². The summed E-state index contributed by atoms with van der Waals surface area (Å²) in [5, 5.41) is 0. The summed E-state index contributed by atoms with van der Waals surface area (Å²) in [5.41, 5.74) is 5.16. The summed E-state index contributed by atoms with van der Waals surface area (Å²) in [4.78, 5) is 1.25.